The zero-order chi connectivity index (χ0) is 22.7. The zero-order valence-corrected chi connectivity index (χ0v) is 18.3. The molecule has 1 fully saturated rings. The summed E-state index contributed by atoms with van der Waals surface area (Å²) in [4.78, 5) is 51.7. The molecule has 2 aromatic rings. The first-order chi connectivity index (χ1) is 14.7. The molecular formula is C21H16Cl3FN2O4. The number of hydrazine groups is 1. The molecule has 0 aliphatic carbocycles. The molecule has 1 atom stereocenters. The topological polar surface area (TPSA) is 74.8 Å². The van der Waals surface area contributed by atoms with E-state index < -0.39 is 35.4 Å². The molecule has 1 heterocycles. The van der Waals surface area contributed by atoms with Crippen LogP contribution in [0.4, 0.5) is 4.39 Å². The SMILES string of the molecule is O=C(c1ccc(F)cc1)[C@@H](CCCl)N(C(=O)c1ccc(Cl)cc1Cl)N1C(=O)CCC1=O. The van der Waals surface area contributed by atoms with Crippen molar-refractivity contribution in [1.29, 1.82) is 0 Å². The fourth-order valence-corrected chi connectivity index (χ4v) is 3.93. The first kappa shape index (κ1) is 23.2. The van der Waals surface area contributed by atoms with E-state index in [-0.39, 0.29) is 46.3 Å². The van der Waals surface area contributed by atoms with Crippen LogP contribution in [0.5, 0.6) is 0 Å². The number of halogens is 4. The second-order valence-electron chi connectivity index (χ2n) is 6.74. The normalized spacial score (nSPS) is 14.6. The summed E-state index contributed by atoms with van der Waals surface area (Å²) in [7, 11) is 0. The first-order valence-corrected chi connectivity index (χ1v) is 10.5. The Hall–Kier alpha value is -2.48. The number of carbonyl (C=O) groups is 4. The molecule has 3 rings (SSSR count). The second kappa shape index (κ2) is 9.77. The van der Waals surface area contributed by atoms with E-state index in [0.717, 1.165) is 17.1 Å². The lowest BCUT2D eigenvalue weighted by Gasteiger charge is -2.36. The van der Waals surface area contributed by atoms with Crippen molar-refractivity contribution in [3.8, 4) is 0 Å². The van der Waals surface area contributed by atoms with Gasteiger partial charge in [0.2, 0.25) is 11.8 Å². The molecule has 31 heavy (non-hydrogen) atoms. The fourth-order valence-electron chi connectivity index (χ4n) is 3.24. The zero-order valence-electron chi connectivity index (χ0n) is 16.0. The average molecular weight is 486 g/mol. The van der Waals surface area contributed by atoms with Gasteiger partial charge >= 0.3 is 0 Å². The number of carbonyl (C=O) groups excluding carboxylic acids is 4. The molecule has 0 bridgehead atoms. The van der Waals surface area contributed by atoms with Crippen LogP contribution in [0.3, 0.4) is 0 Å². The van der Waals surface area contributed by atoms with Crippen LogP contribution >= 0.6 is 34.8 Å². The lowest BCUT2D eigenvalue weighted by Crippen LogP contribution is -2.57. The predicted molar refractivity (Wildman–Crippen MR) is 114 cm³/mol. The minimum Gasteiger partial charge on any atom is -0.292 e. The molecule has 0 spiro atoms. The van der Waals surface area contributed by atoms with E-state index in [1.165, 1.54) is 30.3 Å². The molecule has 1 aliphatic heterocycles. The summed E-state index contributed by atoms with van der Waals surface area (Å²) in [6.45, 7) is 0. The maximum absolute atomic E-state index is 13.5. The molecule has 0 saturated carbocycles. The number of rotatable bonds is 7. The van der Waals surface area contributed by atoms with Crippen molar-refractivity contribution >= 4 is 58.3 Å². The number of ketones is 1. The Balaban J connectivity index is 2.11. The molecule has 10 heteroatoms. The van der Waals surface area contributed by atoms with Crippen LogP contribution in [0.1, 0.15) is 40.0 Å². The van der Waals surface area contributed by atoms with Gasteiger partial charge in [-0.15, -0.1) is 11.6 Å². The van der Waals surface area contributed by atoms with E-state index in [4.69, 9.17) is 34.8 Å². The number of hydrogen-bond acceptors (Lipinski definition) is 4. The molecule has 2 aromatic carbocycles. The Bertz CT molecular complexity index is 1030. The Kier molecular flexibility index (Phi) is 7.30. The molecule has 162 valence electrons. The van der Waals surface area contributed by atoms with E-state index in [1.807, 2.05) is 0 Å². The highest BCUT2D eigenvalue weighted by Crippen LogP contribution is 2.28. The molecule has 3 amide bonds. The summed E-state index contributed by atoms with van der Waals surface area (Å²) in [6.07, 6.45) is -0.267. The maximum Gasteiger partial charge on any atom is 0.275 e. The average Bonchev–Trinajstić information content (AvgIpc) is 3.06. The van der Waals surface area contributed by atoms with Crippen molar-refractivity contribution in [2.45, 2.75) is 25.3 Å². The van der Waals surface area contributed by atoms with E-state index in [1.54, 1.807) is 0 Å². The summed E-state index contributed by atoms with van der Waals surface area (Å²) in [6, 6.07) is 7.50. The highest BCUT2D eigenvalue weighted by Gasteiger charge is 2.43. The third kappa shape index (κ3) is 4.89. The van der Waals surface area contributed by atoms with Gasteiger partial charge in [-0.3, -0.25) is 19.2 Å². The smallest absolute Gasteiger partial charge is 0.275 e. The molecule has 0 N–H and O–H groups in total. The summed E-state index contributed by atoms with van der Waals surface area (Å²) in [5.41, 5.74) is 0.0423. The summed E-state index contributed by atoms with van der Waals surface area (Å²) in [5, 5.41) is 1.74. The van der Waals surface area contributed by atoms with Crippen LogP contribution < -0.4 is 0 Å². The number of hydrogen-bond donors (Lipinski definition) is 0. The number of alkyl halides is 1. The lowest BCUT2D eigenvalue weighted by atomic mass is 10.0. The standard InChI is InChI=1S/C21H16Cl3FN2O4/c22-10-9-17(20(30)12-1-4-14(25)5-2-12)26(27-18(28)7-8-19(27)29)21(31)15-6-3-13(23)11-16(15)24/h1-6,11,17H,7-10H2/t17-/m1/s1. The quantitative estimate of drug-likeness (QED) is 0.328. The number of amides is 3. The van der Waals surface area contributed by atoms with Crippen molar-refractivity contribution < 1.29 is 23.6 Å². The number of benzene rings is 2. The van der Waals surface area contributed by atoms with Crippen LogP contribution in [0, 0.1) is 5.82 Å². The molecular weight excluding hydrogens is 470 g/mol. The monoisotopic (exact) mass is 484 g/mol. The van der Waals surface area contributed by atoms with Crippen LogP contribution in [0.25, 0.3) is 0 Å². The molecule has 0 unspecified atom stereocenters. The third-order valence-corrected chi connectivity index (χ3v) is 5.49. The fraction of sp³-hybridized carbons (Fsp3) is 0.238. The van der Waals surface area contributed by atoms with E-state index in [0.29, 0.717) is 5.01 Å². The summed E-state index contributed by atoms with van der Waals surface area (Å²) >= 11 is 18.0. The van der Waals surface area contributed by atoms with E-state index in [2.05, 4.69) is 0 Å². The Morgan fingerprint density at radius 3 is 2.19 bits per heavy atom. The Labute approximate surface area is 192 Å². The summed E-state index contributed by atoms with van der Waals surface area (Å²) < 4.78 is 13.3. The molecule has 0 radical (unpaired) electrons. The van der Waals surface area contributed by atoms with Crippen molar-refractivity contribution in [2.24, 2.45) is 0 Å². The van der Waals surface area contributed by atoms with Crippen molar-refractivity contribution in [3.05, 3.63) is 69.5 Å². The van der Waals surface area contributed by atoms with Gasteiger partial charge in [-0.05, 0) is 48.9 Å². The van der Waals surface area contributed by atoms with Gasteiger partial charge in [-0.1, -0.05) is 23.2 Å². The summed E-state index contributed by atoms with van der Waals surface area (Å²) in [5.74, 6) is -3.30. The van der Waals surface area contributed by atoms with Gasteiger partial charge in [0.25, 0.3) is 5.91 Å². The van der Waals surface area contributed by atoms with Crippen molar-refractivity contribution in [2.75, 3.05) is 5.88 Å². The minimum atomic E-state index is -1.30. The highest BCUT2D eigenvalue weighted by molar-refractivity contribution is 6.36. The van der Waals surface area contributed by atoms with Gasteiger partial charge in [0, 0.05) is 29.3 Å². The van der Waals surface area contributed by atoms with Gasteiger partial charge in [-0.2, -0.15) is 5.01 Å². The van der Waals surface area contributed by atoms with Gasteiger partial charge in [0.05, 0.1) is 10.6 Å². The van der Waals surface area contributed by atoms with E-state index >= 15 is 0 Å². The van der Waals surface area contributed by atoms with Crippen LogP contribution in [-0.2, 0) is 9.59 Å². The van der Waals surface area contributed by atoms with Gasteiger partial charge in [0.1, 0.15) is 11.9 Å². The second-order valence-corrected chi connectivity index (χ2v) is 7.96. The van der Waals surface area contributed by atoms with Gasteiger partial charge in [0.15, 0.2) is 5.78 Å². The van der Waals surface area contributed by atoms with Crippen molar-refractivity contribution in [1.82, 2.24) is 10.0 Å². The molecule has 0 aromatic heterocycles. The number of nitrogens with zero attached hydrogens (tertiary/aromatic N) is 2. The Morgan fingerprint density at radius 2 is 1.65 bits per heavy atom. The lowest BCUT2D eigenvalue weighted by molar-refractivity contribution is -0.154. The van der Waals surface area contributed by atoms with Crippen LogP contribution in [0.15, 0.2) is 42.5 Å². The van der Waals surface area contributed by atoms with Crippen LogP contribution in [-0.4, -0.2) is 45.4 Å². The maximum atomic E-state index is 13.5. The molecule has 1 aliphatic rings. The third-order valence-electron chi connectivity index (χ3n) is 4.72. The first-order valence-electron chi connectivity index (χ1n) is 9.24. The Morgan fingerprint density at radius 1 is 1.03 bits per heavy atom. The largest absolute Gasteiger partial charge is 0.292 e. The van der Waals surface area contributed by atoms with Gasteiger partial charge in [-0.25, -0.2) is 9.40 Å². The number of imide groups is 1. The minimum absolute atomic E-state index is 0.0135. The van der Waals surface area contributed by atoms with Crippen molar-refractivity contribution in [3.63, 3.8) is 0 Å². The van der Waals surface area contributed by atoms with E-state index in [9.17, 15) is 23.6 Å². The van der Waals surface area contributed by atoms with Crippen LogP contribution in [0.2, 0.25) is 10.0 Å². The molecule has 1 saturated heterocycles. The predicted octanol–water partition coefficient (Wildman–Crippen LogP) is 4.52. The number of Topliss-reactive ketones (excluding diaryl/α,β-unsaturated/α-hetero) is 1. The van der Waals surface area contributed by atoms with Gasteiger partial charge < -0.3 is 0 Å². The molecule has 6 nitrogen and oxygen atoms in total. The highest BCUT2D eigenvalue weighted by atomic mass is 35.5.